The van der Waals surface area contributed by atoms with Gasteiger partial charge in [-0.1, -0.05) is 41.4 Å². The minimum atomic E-state index is -0.669. The van der Waals surface area contributed by atoms with E-state index in [4.69, 9.17) is 21.1 Å². The molecule has 0 saturated carbocycles. The van der Waals surface area contributed by atoms with Crippen LogP contribution in [0.15, 0.2) is 42.5 Å². The topological polar surface area (TPSA) is 64.6 Å². The average molecular weight is 362 g/mol. The van der Waals surface area contributed by atoms with E-state index in [0.29, 0.717) is 10.8 Å². The van der Waals surface area contributed by atoms with E-state index in [1.54, 1.807) is 12.1 Å². The molecule has 5 nitrogen and oxygen atoms in total. The van der Waals surface area contributed by atoms with E-state index in [1.807, 2.05) is 38.1 Å². The Morgan fingerprint density at radius 2 is 1.84 bits per heavy atom. The maximum atomic E-state index is 12.1. The first-order chi connectivity index (χ1) is 11.9. The van der Waals surface area contributed by atoms with Gasteiger partial charge in [0.05, 0.1) is 13.2 Å². The predicted octanol–water partition coefficient (Wildman–Crippen LogP) is 3.69. The second-order valence-corrected chi connectivity index (χ2v) is 6.06. The number of aryl methyl sites for hydroxylation is 1. The zero-order valence-electron chi connectivity index (χ0n) is 14.3. The Labute approximate surface area is 151 Å². The van der Waals surface area contributed by atoms with Gasteiger partial charge in [0.1, 0.15) is 11.3 Å². The molecule has 0 fully saturated rings. The van der Waals surface area contributed by atoms with Gasteiger partial charge in [0.15, 0.2) is 6.61 Å². The Balaban J connectivity index is 1.92. The number of hydrogen-bond donors (Lipinski definition) is 1. The molecule has 1 amide bonds. The Kier molecular flexibility index (Phi) is 6.42. The van der Waals surface area contributed by atoms with Gasteiger partial charge in [-0.2, -0.15) is 0 Å². The van der Waals surface area contributed by atoms with Gasteiger partial charge < -0.3 is 14.8 Å². The van der Waals surface area contributed by atoms with Crippen molar-refractivity contribution >= 4 is 23.5 Å². The second-order valence-electron chi connectivity index (χ2n) is 5.62. The molecular formula is C19H20ClNO4. The fourth-order valence-corrected chi connectivity index (χ4v) is 2.44. The number of hydrogen-bond acceptors (Lipinski definition) is 4. The van der Waals surface area contributed by atoms with Gasteiger partial charge in [-0.3, -0.25) is 4.79 Å². The van der Waals surface area contributed by atoms with E-state index in [2.05, 4.69) is 5.32 Å². The molecule has 0 heterocycles. The van der Waals surface area contributed by atoms with E-state index >= 15 is 0 Å². The van der Waals surface area contributed by atoms with Gasteiger partial charge in [-0.25, -0.2) is 4.79 Å². The lowest BCUT2D eigenvalue weighted by atomic mass is 10.1. The zero-order valence-corrected chi connectivity index (χ0v) is 15.1. The van der Waals surface area contributed by atoms with E-state index in [9.17, 15) is 9.59 Å². The highest BCUT2D eigenvalue weighted by molar-refractivity contribution is 6.31. The van der Waals surface area contributed by atoms with Crippen molar-refractivity contribution in [1.29, 1.82) is 0 Å². The normalized spacial score (nSPS) is 11.5. The van der Waals surface area contributed by atoms with Crippen LogP contribution >= 0.6 is 11.6 Å². The quantitative estimate of drug-likeness (QED) is 0.797. The molecule has 0 aliphatic rings. The third kappa shape index (κ3) is 5.22. The molecule has 2 aromatic rings. The van der Waals surface area contributed by atoms with Gasteiger partial charge in [-0.05, 0) is 37.6 Å². The molecule has 0 radical (unpaired) electrons. The van der Waals surface area contributed by atoms with Gasteiger partial charge in [0.2, 0.25) is 0 Å². The lowest BCUT2D eigenvalue weighted by Gasteiger charge is -2.15. The minimum absolute atomic E-state index is 0.175. The van der Waals surface area contributed by atoms with Crippen LogP contribution in [0.1, 0.15) is 34.5 Å². The summed E-state index contributed by atoms with van der Waals surface area (Å²) in [5, 5.41) is 3.17. The minimum Gasteiger partial charge on any atom is -0.496 e. The summed E-state index contributed by atoms with van der Waals surface area (Å²) in [5.41, 5.74) is 2.29. The van der Waals surface area contributed by atoms with Crippen LogP contribution in [0.5, 0.6) is 5.75 Å². The summed E-state index contributed by atoms with van der Waals surface area (Å²) in [4.78, 5) is 24.1. The maximum Gasteiger partial charge on any atom is 0.342 e. The van der Waals surface area contributed by atoms with Crippen molar-refractivity contribution in [3.8, 4) is 5.75 Å². The van der Waals surface area contributed by atoms with E-state index in [1.165, 1.54) is 13.2 Å². The van der Waals surface area contributed by atoms with Crippen molar-refractivity contribution in [1.82, 2.24) is 5.32 Å². The number of nitrogens with one attached hydrogen (secondary N) is 1. The van der Waals surface area contributed by atoms with E-state index in [-0.39, 0.29) is 24.1 Å². The molecule has 1 atom stereocenters. The monoisotopic (exact) mass is 361 g/mol. The Bertz CT molecular complexity index is 759. The molecular weight excluding hydrogens is 342 g/mol. The molecule has 1 N–H and O–H groups in total. The summed E-state index contributed by atoms with van der Waals surface area (Å²) in [6.07, 6.45) is 0. The Morgan fingerprint density at radius 3 is 2.48 bits per heavy atom. The summed E-state index contributed by atoms with van der Waals surface area (Å²) in [6, 6.07) is 12.3. The van der Waals surface area contributed by atoms with Crippen LogP contribution in [0.4, 0.5) is 0 Å². The Morgan fingerprint density at radius 1 is 1.16 bits per heavy atom. The number of ether oxygens (including phenoxy) is 2. The van der Waals surface area contributed by atoms with Crippen LogP contribution in [0, 0.1) is 6.92 Å². The number of carbonyl (C=O) groups is 2. The fraction of sp³-hybridized carbons (Fsp3) is 0.263. The van der Waals surface area contributed by atoms with Crippen LogP contribution < -0.4 is 10.1 Å². The molecule has 0 bridgehead atoms. The molecule has 0 aliphatic heterocycles. The number of esters is 1. The van der Waals surface area contributed by atoms with Crippen LogP contribution in [-0.2, 0) is 9.53 Å². The highest BCUT2D eigenvalue weighted by atomic mass is 35.5. The smallest absolute Gasteiger partial charge is 0.342 e. The predicted molar refractivity (Wildman–Crippen MR) is 96.0 cm³/mol. The van der Waals surface area contributed by atoms with Crippen molar-refractivity contribution in [2.24, 2.45) is 0 Å². The highest BCUT2D eigenvalue weighted by Gasteiger charge is 2.17. The molecule has 1 unspecified atom stereocenters. The van der Waals surface area contributed by atoms with Crippen molar-refractivity contribution < 1.29 is 19.1 Å². The van der Waals surface area contributed by atoms with Crippen molar-refractivity contribution in [2.75, 3.05) is 13.7 Å². The standard InChI is InChI=1S/C19H20ClNO4/c1-12-4-6-14(7-5-12)13(2)21-18(22)11-25-19(23)16-10-15(20)8-9-17(16)24-3/h4-10,13H,11H2,1-3H3,(H,21,22). The summed E-state index contributed by atoms with van der Waals surface area (Å²) >= 11 is 5.89. The van der Waals surface area contributed by atoms with Crippen LogP contribution in [0.3, 0.4) is 0 Å². The van der Waals surface area contributed by atoms with Gasteiger partial charge >= 0.3 is 5.97 Å². The van der Waals surface area contributed by atoms with Crippen LogP contribution in [0.2, 0.25) is 5.02 Å². The second kappa shape index (κ2) is 8.53. The molecule has 0 aromatic heterocycles. The van der Waals surface area contributed by atoms with Gasteiger partial charge in [0.25, 0.3) is 5.91 Å². The fourth-order valence-electron chi connectivity index (χ4n) is 2.27. The van der Waals surface area contributed by atoms with Crippen molar-refractivity contribution in [3.05, 3.63) is 64.2 Å². The number of halogens is 1. The number of methoxy groups -OCH3 is 1. The molecule has 2 aromatic carbocycles. The Hall–Kier alpha value is -2.53. The molecule has 25 heavy (non-hydrogen) atoms. The molecule has 0 spiro atoms. The summed E-state index contributed by atoms with van der Waals surface area (Å²) in [5.74, 6) is -0.720. The van der Waals surface area contributed by atoms with Gasteiger partial charge in [-0.15, -0.1) is 0 Å². The van der Waals surface area contributed by atoms with Crippen molar-refractivity contribution in [2.45, 2.75) is 19.9 Å². The summed E-state index contributed by atoms with van der Waals surface area (Å²) in [6.45, 7) is 3.48. The van der Waals surface area contributed by atoms with Gasteiger partial charge in [0, 0.05) is 5.02 Å². The maximum absolute atomic E-state index is 12.1. The molecule has 6 heteroatoms. The first kappa shape index (κ1) is 18.8. The molecule has 0 saturated heterocycles. The molecule has 0 aliphatic carbocycles. The van der Waals surface area contributed by atoms with E-state index in [0.717, 1.165) is 11.1 Å². The largest absolute Gasteiger partial charge is 0.496 e. The molecule has 132 valence electrons. The van der Waals surface area contributed by atoms with Crippen LogP contribution in [0.25, 0.3) is 0 Å². The lowest BCUT2D eigenvalue weighted by Crippen LogP contribution is -2.31. The number of benzene rings is 2. The number of carbonyl (C=O) groups excluding carboxylic acids is 2. The number of amides is 1. The third-order valence-electron chi connectivity index (χ3n) is 3.67. The molecule has 2 rings (SSSR count). The number of rotatable bonds is 6. The van der Waals surface area contributed by atoms with E-state index < -0.39 is 5.97 Å². The SMILES string of the molecule is COc1ccc(Cl)cc1C(=O)OCC(=O)NC(C)c1ccc(C)cc1. The third-order valence-corrected chi connectivity index (χ3v) is 3.91. The van der Waals surface area contributed by atoms with Crippen molar-refractivity contribution in [3.63, 3.8) is 0 Å². The first-order valence-corrected chi connectivity index (χ1v) is 8.15. The van der Waals surface area contributed by atoms with Crippen LogP contribution in [-0.4, -0.2) is 25.6 Å². The summed E-state index contributed by atoms with van der Waals surface area (Å²) < 4.78 is 10.2. The first-order valence-electron chi connectivity index (χ1n) is 7.77. The summed E-state index contributed by atoms with van der Waals surface area (Å²) in [7, 11) is 1.44. The average Bonchev–Trinajstić information content (AvgIpc) is 2.60. The highest BCUT2D eigenvalue weighted by Crippen LogP contribution is 2.23. The lowest BCUT2D eigenvalue weighted by molar-refractivity contribution is -0.124. The zero-order chi connectivity index (χ0) is 18.4.